The number of benzene rings is 2. The van der Waals surface area contributed by atoms with Crippen molar-refractivity contribution in [2.45, 2.75) is 44.6 Å². The number of halogens is 2. The number of nitrogens with one attached hydrogen (secondary N) is 2. The fraction of sp³-hybridized carbons (Fsp3) is 0.300. The first-order valence-electron chi connectivity index (χ1n) is 13.0. The standard InChI is InChI=1S/C30H26F2N4O4/c1-29(2)24(37)12-23(17-8-19(31)11-20(32)9-17)36(28(29)40)15-25(38)34-21-6-5-16-13-30(14-18(16)10-21)22-4-3-7-33-26(22)35-27(30)39/h3-11,23H,12-15H2,1-2H3,(H,34,38)(H,33,35,39)/t23-,30-/m1/s1. The minimum atomic E-state index is -1.38. The Labute approximate surface area is 228 Å². The first-order valence-corrected chi connectivity index (χ1v) is 13.0. The van der Waals surface area contributed by atoms with Gasteiger partial charge in [-0.25, -0.2) is 13.8 Å². The Kier molecular flexibility index (Phi) is 5.83. The van der Waals surface area contributed by atoms with Crippen LogP contribution in [-0.4, -0.2) is 39.9 Å². The molecule has 0 saturated carbocycles. The van der Waals surface area contributed by atoms with Crippen LogP contribution in [-0.2, 0) is 37.4 Å². The Morgan fingerprint density at radius 1 is 1.05 bits per heavy atom. The molecule has 0 unspecified atom stereocenters. The van der Waals surface area contributed by atoms with Crippen LogP contribution in [0, 0.1) is 17.0 Å². The van der Waals surface area contributed by atoms with Crippen molar-refractivity contribution in [3.8, 4) is 0 Å². The van der Waals surface area contributed by atoms with Gasteiger partial charge in [0.15, 0.2) is 0 Å². The van der Waals surface area contributed by atoms with Crippen LogP contribution in [0.5, 0.6) is 0 Å². The van der Waals surface area contributed by atoms with E-state index in [4.69, 9.17) is 0 Å². The second-order valence-electron chi connectivity index (χ2n) is 11.2. The summed E-state index contributed by atoms with van der Waals surface area (Å²) < 4.78 is 28.0. The van der Waals surface area contributed by atoms with Crippen LogP contribution in [0.4, 0.5) is 20.3 Å². The monoisotopic (exact) mass is 544 g/mol. The maximum atomic E-state index is 14.0. The van der Waals surface area contributed by atoms with Gasteiger partial charge < -0.3 is 15.5 Å². The van der Waals surface area contributed by atoms with E-state index >= 15 is 0 Å². The molecule has 2 aliphatic heterocycles. The SMILES string of the molecule is CC1(C)C(=O)C[C@H](c2cc(F)cc(F)c2)N(CC(=O)Nc2ccc3c(c2)C[C@@]2(C3)C(=O)Nc3ncccc32)C1=O. The number of carbonyl (C=O) groups excluding carboxylic acids is 4. The van der Waals surface area contributed by atoms with E-state index in [0.717, 1.165) is 28.8 Å². The summed E-state index contributed by atoms with van der Waals surface area (Å²) in [6.07, 6.45) is 2.42. The molecule has 0 radical (unpaired) electrons. The topological polar surface area (TPSA) is 108 Å². The summed E-state index contributed by atoms with van der Waals surface area (Å²) in [6, 6.07) is 11.0. The van der Waals surface area contributed by atoms with E-state index in [1.165, 1.54) is 18.7 Å². The summed E-state index contributed by atoms with van der Waals surface area (Å²) >= 11 is 0. The predicted octanol–water partition coefficient (Wildman–Crippen LogP) is 3.86. The number of pyridine rings is 1. The third kappa shape index (κ3) is 4.06. The molecule has 2 atom stereocenters. The lowest BCUT2D eigenvalue weighted by molar-refractivity contribution is -0.157. The van der Waals surface area contributed by atoms with Crippen LogP contribution in [0.1, 0.15) is 48.6 Å². The third-order valence-corrected chi connectivity index (χ3v) is 8.30. The quantitative estimate of drug-likeness (QED) is 0.485. The highest BCUT2D eigenvalue weighted by atomic mass is 19.1. The Balaban J connectivity index is 1.23. The van der Waals surface area contributed by atoms with Crippen molar-refractivity contribution in [1.29, 1.82) is 0 Å². The van der Waals surface area contributed by atoms with Gasteiger partial charge in [0, 0.05) is 29.9 Å². The van der Waals surface area contributed by atoms with E-state index < -0.39 is 46.9 Å². The molecular weight excluding hydrogens is 518 g/mol. The molecule has 1 saturated heterocycles. The zero-order valence-electron chi connectivity index (χ0n) is 21.9. The number of rotatable bonds is 4. The number of ketones is 1. The van der Waals surface area contributed by atoms with Crippen LogP contribution in [0.15, 0.2) is 54.7 Å². The van der Waals surface area contributed by atoms with Gasteiger partial charge in [-0.15, -0.1) is 0 Å². The highest BCUT2D eigenvalue weighted by Gasteiger charge is 2.51. The molecule has 3 amide bonds. The van der Waals surface area contributed by atoms with E-state index in [9.17, 15) is 28.0 Å². The average Bonchev–Trinajstić information content (AvgIpc) is 3.41. The van der Waals surface area contributed by atoms with Gasteiger partial charge in [0.25, 0.3) is 0 Å². The zero-order valence-corrected chi connectivity index (χ0v) is 21.9. The van der Waals surface area contributed by atoms with E-state index in [0.29, 0.717) is 30.4 Å². The fourth-order valence-electron chi connectivity index (χ4n) is 6.11. The minimum Gasteiger partial charge on any atom is -0.325 e. The lowest BCUT2D eigenvalue weighted by Crippen LogP contribution is -2.54. The molecule has 1 fully saturated rings. The number of likely N-dealkylation sites (tertiary alicyclic amines) is 1. The van der Waals surface area contributed by atoms with Gasteiger partial charge in [-0.2, -0.15) is 0 Å². The smallest absolute Gasteiger partial charge is 0.244 e. The number of amides is 3. The molecule has 1 aliphatic carbocycles. The van der Waals surface area contributed by atoms with E-state index in [2.05, 4.69) is 15.6 Å². The molecule has 2 N–H and O–H groups in total. The number of hydrogen-bond acceptors (Lipinski definition) is 5. The summed E-state index contributed by atoms with van der Waals surface area (Å²) in [5, 5.41) is 5.67. The predicted molar refractivity (Wildman–Crippen MR) is 141 cm³/mol. The molecule has 3 aromatic rings. The van der Waals surface area contributed by atoms with E-state index in [1.54, 1.807) is 18.3 Å². The van der Waals surface area contributed by atoms with Crippen molar-refractivity contribution in [1.82, 2.24) is 9.88 Å². The van der Waals surface area contributed by atoms with E-state index in [1.807, 2.05) is 18.2 Å². The van der Waals surface area contributed by atoms with Gasteiger partial charge in [0.2, 0.25) is 17.7 Å². The molecule has 3 aliphatic rings. The molecular formula is C30H26F2N4O4. The Morgan fingerprint density at radius 3 is 2.52 bits per heavy atom. The summed E-state index contributed by atoms with van der Waals surface area (Å²) in [5.41, 5.74) is 1.22. The maximum absolute atomic E-state index is 14.0. The van der Waals surface area contributed by atoms with Gasteiger partial charge in [0.05, 0.1) is 11.5 Å². The summed E-state index contributed by atoms with van der Waals surface area (Å²) in [6.45, 7) is 2.54. The van der Waals surface area contributed by atoms with Gasteiger partial charge in [-0.05, 0) is 73.7 Å². The van der Waals surface area contributed by atoms with E-state index in [-0.39, 0.29) is 23.7 Å². The van der Waals surface area contributed by atoms with Crippen LogP contribution in [0.3, 0.4) is 0 Å². The molecule has 6 rings (SSSR count). The lowest BCUT2D eigenvalue weighted by Gasteiger charge is -2.41. The second-order valence-corrected chi connectivity index (χ2v) is 11.2. The molecule has 1 spiro atoms. The summed E-state index contributed by atoms with van der Waals surface area (Å²) in [5.74, 6) is -2.71. The normalized spacial score (nSPS) is 22.8. The number of Topliss-reactive ketones (excluding diaryl/α,β-unsaturated/α-hetero) is 1. The van der Waals surface area contributed by atoms with Gasteiger partial charge in [0.1, 0.15) is 35.2 Å². The number of nitrogens with zero attached hydrogens (tertiary/aromatic N) is 2. The highest BCUT2D eigenvalue weighted by molar-refractivity contribution is 6.09. The van der Waals surface area contributed by atoms with Crippen molar-refractivity contribution in [2.75, 3.05) is 17.2 Å². The van der Waals surface area contributed by atoms with Crippen molar-refractivity contribution >= 4 is 35.0 Å². The number of anilines is 2. The lowest BCUT2D eigenvalue weighted by atomic mass is 9.77. The van der Waals surface area contributed by atoms with Gasteiger partial charge in [-0.3, -0.25) is 19.2 Å². The number of aromatic nitrogens is 1. The molecule has 1 aromatic heterocycles. The summed E-state index contributed by atoms with van der Waals surface area (Å²) in [7, 11) is 0. The van der Waals surface area contributed by atoms with Crippen LogP contribution in [0.2, 0.25) is 0 Å². The van der Waals surface area contributed by atoms with Crippen LogP contribution >= 0.6 is 0 Å². The largest absolute Gasteiger partial charge is 0.325 e. The zero-order chi connectivity index (χ0) is 28.4. The first kappa shape index (κ1) is 25.8. The first-order chi connectivity index (χ1) is 19.0. The second kappa shape index (κ2) is 9.04. The molecule has 8 nitrogen and oxygen atoms in total. The molecule has 204 valence electrons. The molecule has 0 bridgehead atoms. The number of fused-ring (bicyclic) bond motifs is 3. The van der Waals surface area contributed by atoms with Gasteiger partial charge in [-0.1, -0.05) is 12.1 Å². The van der Waals surface area contributed by atoms with Crippen LogP contribution < -0.4 is 10.6 Å². The van der Waals surface area contributed by atoms with Crippen molar-refractivity contribution in [3.63, 3.8) is 0 Å². The van der Waals surface area contributed by atoms with Crippen molar-refractivity contribution < 1.29 is 28.0 Å². The number of hydrogen-bond donors (Lipinski definition) is 2. The summed E-state index contributed by atoms with van der Waals surface area (Å²) in [4.78, 5) is 57.7. The molecule has 2 aromatic carbocycles. The van der Waals surface area contributed by atoms with Crippen LogP contribution in [0.25, 0.3) is 0 Å². The number of carbonyl (C=O) groups is 4. The molecule has 40 heavy (non-hydrogen) atoms. The average molecular weight is 545 g/mol. The third-order valence-electron chi connectivity index (χ3n) is 8.30. The number of piperidine rings is 1. The Bertz CT molecular complexity index is 1600. The van der Waals surface area contributed by atoms with Crippen molar-refractivity contribution in [3.05, 3.63) is 88.6 Å². The van der Waals surface area contributed by atoms with Crippen molar-refractivity contribution in [2.24, 2.45) is 5.41 Å². The highest BCUT2D eigenvalue weighted by Crippen LogP contribution is 2.47. The fourth-order valence-corrected chi connectivity index (χ4v) is 6.11. The maximum Gasteiger partial charge on any atom is 0.244 e. The molecule has 10 heteroatoms. The Hall–Kier alpha value is -4.47. The minimum absolute atomic E-state index is 0.106. The molecule has 3 heterocycles. The van der Waals surface area contributed by atoms with Gasteiger partial charge >= 0.3 is 0 Å². The Morgan fingerprint density at radius 2 is 1.77 bits per heavy atom.